The van der Waals surface area contributed by atoms with Crippen molar-refractivity contribution in [2.45, 2.75) is 19.8 Å². The smallest absolute Gasteiger partial charge is 0.267 e. The molecular weight excluding hydrogens is 486 g/mol. The number of fused-ring (bicyclic) bond motifs is 1. The fraction of sp³-hybridized carbons (Fsp3) is 0.280. The van der Waals surface area contributed by atoms with Gasteiger partial charge in [-0.25, -0.2) is 0 Å². The maximum Gasteiger partial charge on any atom is 0.267 e. The van der Waals surface area contributed by atoms with E-state index < -0.39 is 11.8 Å². The van der Waals surface area contributed by atoms with Crippen molar-refractivity contribution in [1.82, 2.24) is 4.90 Å². The molecular formula is C25H25N3O5S2. The third kappa shape index (κ3) is 4.76. The topological polar surface area (TPSA) is 88.2 Å². The number of nitrogens with one attached hydrogen (secondary N) is 1. The largest absolute Gasteiger partial charge is 0.497 e. The molecule has 0 saturated carbocycles. The first-order valence-corrected chi connectivity index (χ1v) is 12.3. The highest BCUT2D eigenvalue weighted by Crippen LogP contribution is 2.44. The molecule has 2 aliphatic rings. The Morgan fingerprint density at radius 2 is 1.83 bits per heavy atom. The van der Waals surface area contributed by atoms with E-state index >= 15 is 0 Å². The quantitative estimate of drug-likeness (QED) is 0.422. The highest BCUT2D eigenvalue weighted by atomic mass is 32.2. The normalized spacial score (nSPS) is 17.2. The first kappa shape index (κ1) is 24.7. The lowest BCUT2D eigenvalue weighted by Crippen LogP contribution is -2.35. The van der Waals surface area contributed by atoms with Gasteiger partial charge in [0.2, 0.25) is 5.91 Å². The summed E-state index contributed by atoms with van der Waals surface area (Å²) in [6, 6.07) is 12.2. The average molecular weight is 512 g/mol. The zero-order chi connectivity index (χ0) is 25.1. The summed E-state index contributed by atoms with van der Waals surface area (Å²) in [5, 5.41) is 2.79. The maximum absolute atomic E-state index is 13.5. The highest BCUT2D eigenvalue weighted by molar-refractivity contribution is 8.26. The van der Waals surface area contributed by atoms with Crippen molar-refractivity contribution in [2.75, 3.05) is 37.5 Å². The molecule has 1 fully saturated rings. The van der Waals surface area contributed by atoms with E-state index in [1.807, 2.05) is 6.92 Å². The number of anilines is 2. The van der Waals surface area contributed by atoms with E-state index in [9.17, 15) is 14.4 Å². The number of rotatable bonds is 8. The Bertz CT molecular complexity index is 1240. The number of thiocarbonyl (C=S) groups is 1. The summed E-state index contributed by atoms with van der Waals surface area (Å²) in [5.41, 5.74) is 1.92. The number of benzene rings is 2. The van der Waals surface area contributed by atoms with Crippen LogP contribution in [0, 0.1) is 0 Å². The van der Waals surface area contributed by atoms with Crippen LogP contribution in [0.5, 0.6) is 11.5 Å². The fourth-order valence-electron chi connectivity index (χ4n) is 3.95. The molecule has 4 rings (SSSR count). The number of thioether (sulfide) groups is 1. The second-order valence-corrected chi connectivity index (χ2v) is 9.55. The second-order valence-electron chi connectivity index (χ2n) is 7.91. The molecule has 35 heavy (non-hydrogen) atoms. The van der Waals surface area contributed by atoms with E-state index in [0.717, 1.165) is 24.6 Å². The van der Waals surface area contributed by atoms with Crippen molar-refractivity contribution in [3.05, 3.63) is 52.9 Å². The molecule has 10 heteroatoms. The summed E-state index contributed by atoms with van der Waals surface area (Å²) in [4.78, 5) is 42.9. The zero-order valence-electron chi connectivity index (χ0n) is 19.6. The SMILES string of the molecule is CCCCN1C(=O)/C(=C2\C(=O)N(CC(=O)Nc3ccc(OC)cc3OC)c3ccccc32)SC1=S. The summed E-state index contributed by atoms with van der Waals surface area (Å²) in [6.45, 7) is 2.32. The van der Waals surface area contributed by atoms with Gasteiger partial charge in [-0.3, -0.25) is 24.2 Å². The van der Waals surface area contributed by atoms with Gasteiger partial charge in [-0.15, -0.1) is 0 Å². The molecule has 2 heterocycles. The van der Waals surface area contributed by atoms with E-state index in [0.29, 0.717) is 44.2 Å². The van der Waals surface area contributed by atoms with E-state index in [1.54, 1.807) is 54.5 Å². The van der Waals surface area contributed by atoms with Crippen molar-refractivity contribution in [3.8, 4) is 11.5 Å². The molecule has 0 bridgehead atoms. The molecule has 2 aliphatic heterocycles. The summed E-state index contributed by atoms with van der Waals surface area (Å²) in [5.74, 6) is -0.0556. The van der Waals surface area contributed by atoms with Gasteiger partial charge in [-0.2, -0.15) is 0 Å². The number of para-hydroxylation sites is 1. The number of methoxy groups -OCH3 is 2. The van der Waals surface area contributed by atoms with E-state index in [1.165, 1.54) is 12.0 Å². The highest BCUT2D eigenvalue weighted by Gasteiger charge is 2.42. The Hall–Kier alpha value is -3.37. The molecule has 182 valence electrons. The van der Waals surface area contributed by atoms with Crippen LogP contribution in [0.1, 0.15) is 25.3 Å². The molecule has 1 saturated heterocycles. The van der Waals surface area contributed by atoms with Gasteiger partial charge in [0.25, 0.3) is 11.8 Å². The molecule has 0 spiro atoms. The number of amides is 3. The number of nitrogens with zero attached hydrogens (tertiary/aromatic N) is 2. The lowest BCUT2D eigenvalue weighted by Gasteiger charge is -2.18. The number of carbonyl (C=O) groups excluding carboxylic acids is 3. The minimum absolute atomic E-state index is 0.231. The van der Waals surface area contributed by atoms with E-state index in [4.69, 9.17) is 21.7 Å². The molecule has 2 aromatic rings. The second kappa shape index (κ2) is 10.5. The van der Waals surface area contributed by atoms with Gasteiger partial charge in [0.1, 0.15) is 22.4 Å². The molecule has 0 aromatic heterocycles. The van der Waals surface area contributed by atoms with E-state index in [-0.39, 0.29) is 18.0 Å². The molecule has 0 unspecified atom stereocenters. The zero-order valence-corrected chi connectivity index (χ0v) is 21.3. The Labute approximate surface area is 213 Å². The summed E-state index contributed by atoms with van der Waals surface area (Å²) < 4.78 is 11.0. The predicted molar refractivity (Wildman–Crippen MR) is 141 cm³/mol. The maximum atomic E-state index is 13.5. The van der Waals surface area contributed by atoms with Crippen molar-refractivity contribution >= 4 is 63.0 Å². The number of ether oxygens (including phenoxy) is 2. The third-order valence-electron chi connectivity index (χ3n) is 5.72. The van der Waals surface area contributed by atoms with Gasteiger partial charge in [-0.05, 0) is 24.6 Å². The predicted octanol–water partition coefficient (Wildman–Crippen LogP) is 4.06. The number of hydrogen-bond donors (Lipinski definition) is 1. The molecule has 0 radical (unpaired) electrons. The Balaban J connectivity index is 1.61. The van der Waals surface area contributed by atoms with Crippen LogP contribution in [0.15, 0.2) is 47.4 Å². The van der Waals surface area contributed by atoms with Crippen molar-refractivity contribution < 1.29 is 23.9 Å². The summed E-state index contributed by atoms with van der Waals surface area (Å²) in [6.07, 6.45) is 1.74. The minimum Gasteiger partial charge on any atom is -0.497 e. The standard InChI is InChI=1S/C25H25N3O5S2/c1-4-5-12-27-24(31)22(35-25(27)34)21-16-8-6-7-9-18(16)28(23(21)30)14-20(29)26-17-11-10-15(32-2)13-19(17)33-3/h6-11,13H,4-5,12,14H2,1-3H3,(H,26,29)/b22-21+. The lowest BCUT2D eigenvalue weighted by atomic mass is 10.1. The van der Waals surface area contributed by atoms with Gasteiger partial charge in [0.15, 0.2) is 0 Å². The van der Waals surface area contributed by atoms with Crippen molar-refractivity contribution in [3.63, 3.8) is 0 Å². The van der Waals surface area contributed by atoms with Gasteiger partial charge >= 0.3 is 0 Å². The molecule has 3 amide bonds. The van der Waals surface area contributed by atoms with Crippen LogP contribution in [0.4, 0.5) is 11.4 Å². The summed E-state index contributed by atoms with van der Waals surface area (Å²) in [7, 11) is 3.03. The van der Waals surface area contributed by atoms with Crippen LogP contribution >= 0.6 is 24.0 Å². The lowest BCUT2D eigenvalue weighted by molar-refractivity contribution is -0.122. The van der Waals surface area contributed by atoms with Crippen LogP contribution < -0.4 is 19.7 Å². The molecule has 0 atom stereocenters. The monoisotopic (exact) mass is 511 g/mol. The number of hydrogen-bond acceptors (Lipinski definition) is 7. The van der Waals surface area contributed by atoms with Crippen LogP contribution in [-0.4, -0.2) is 54.3 Å². The Kier molecular flexibility index (Phi) is 7.42. The average Bonchev–Trinajstić information content (AvgIpc) is 3.29. The van der Waals surface area contributed by atoms with Gasteiger partial charge in [-0.1, -0.05) is 55.5 Å². The van der Waals surface area contributed by atoms with E-state index in [2.05, 4.69) is 5.32 Å². The number of unbranched alkanes of at least 4 members (excludes halogenated alkanes) is 1. The van der Waals surface area contributed by atoms with Crippen LogP contribution in [0.3, 0.4) is 0 Å². The van der Waals surface area contributed by atoms with Gasteiger partial charge in [0.05, 0.1) is 36.1 Å². The summed E-state index contributed by atoms with van der Waals surface area (Å²) >= 11 is 6.56. The van der Waals surface area contributed by atoms with Gasteiger partial charge < -0.3 is 14.8 Å². The Morgan fingerprint density at radius 1 is 1.06 bits per heavy atom. The van der Waals surface area contributed by atoms with Crippen LogP contribution in [0.25, 0.3) is 5.57 Å². The molecule has 1 N–H and O–H groups in total. The van der Waals surface area contributed by atoms with Crippen molar-refractivity contribution in [2.24, 2.45) is 0 Å². The van der Waals surface area contributed by atoms with Crippen molar-refractivity contribution in [1.29, 1.82) is 0 Å². The fourth-order valence-corrected chi connectivity index (χ4v) is 5.33. The molecule has 0 aliphatic carbocycles. The van der Waals surface area contributed by atoms with Crippen LogP contribution in [0.2, 0.25) is 0 Å². The number of carbonyl (C=O) groups is 3. The van der Waals surface area contributed by atoms with Gasteiger partial charge in [0, 0.05) is 18.2 Å². The molecule has 8 nitrogen and oxygen atoms in total. The first-order valence-electron chi connectivity index (χ1n) is 11.1. The Morgan fingerprint density at radius 3 is 2.54 bits per heavy atom. The third-order valence-corrected chi connectivity index (χ3v) is 7.17. The molecule has 2 aromatic carbocycles. The first-order chi connectivity index (χ1) is 16.9. The minimum atomic E-state index is -0.409. The van der Waals surface area contributed by atoms with Crippen LogP contribution in [-0.2, 0) is 14.4 Å².